The molecule has 3 rings (SSSR count). The average molecular weight is 337 g/mol. The fourth-order valence-electron chi connectivity index (χ4n) is 2.91. The number of benzene rings is 1. The first-order valence-corrected chi connectivity index (χ1v) is 7.99. The lowest BCUT2D eigenvalue weighted by molar-refractivity contribution is 0.0787. The highest BCUT2D eigenvalue weighted by molar-refractivity contribution is 6.31. The summed E-state index contributed by atoms with van der Waals surface area (Å²) in [6, 6.07) is 4.24. The van der Waals surface area contributed by atoms with Crippen LogP contribution < -0.4 is 0 Å². The van der Waals surface area contributed by atoms with Crippen LogP contribution in [0.5, 0.6) is 0 Å². The number of likely N-dealkylation sites (tertiary alicyclic amines) is 1. The summed E-state index contributed by atoms with van der Waals surface area (Å²) in [6.45, 7) is 5.37. The normalized spacial score (nSPS) is 18.0. The van der Waals surface area contributed by atoms with Gasteiger partial charge in [-0.25, -0.2) is 4.39 Å². The summed E-state index contributed by atoms with van der Waals surface area (Å²) in [5.74, 6) is 0.550. The van der Waals surface area contributed by atoms with Crippen molar-refractivity contribution in [1.29, 1.82) is 0 Å². The number of halogens is 2. The van der Waals surface area contributed by atoms with Crippen molar-refractivity contribution in [2.24, 2.45) is 0 Å². The Morgan fingerprint density at radius 2 is 2.22 bits per heavy atom. The van der Waals surface area contributed by atoms with Crippen molar-refractivity contribution in [3.8, 4) is 0 Å². The maximum absolute atomic E-state index is 13.2. The van der Waals surface area contributed by atoms with Gasteiger partial charge in [0.1, 0.15) is 18.0 Å². The van der Waals surface area contributed by atoms with Gasteiger partial charge in [-0.3, -0.25) is 4.79 Å². The fourth-order valence-corrected chi connectivity index (χ4v) is 3.09. The summed E-state index contributed by atoms with van der Waals surface area (Å²) in [4.78, 5) is 14.3. The quantitative estimate of drug-likeness (QED) is 0.864. The minimum absolute atomic E-state index is 0.0347. The van der Waals surface area contributed by atoms with Crippen molar-refractivity contribution >= 4 is 17.5 Å². The van der Waals surface area contributed by atoms with Gasteiger partial charge in [0.05, 0.1) is 11.1 Å². The third-order valence-electron chi connectivity index (χ3n) is 4.13. The Morgan fingerprint density at radius 3 is 2.91 bits per heavy atom. The van der Waals surface area contributed by atoms with E-state index in [4.69, 9.17) is 11.6 Å². The van der Waals surface area contributed by atoms with Crippen molar-refractivity contribution < 1.29 is 9.18 Å². The minimum Gasteiger partial charge on any atom is -0.336 e. The molecule has 1 aromatic heterocycles. The highest BCUT2D eigenvalue weighted by Crippen LogP contribution is 2.27. The van der Waals surface area contributed by atoms with Crippen molar-refractivity contribution in [3.05, 3.63) is 46.8 Å². The number of amides is 1. The Kier molecular flexibility index (Phi) is 4.35. The molecule has 7 heteroatoms. The van der Waals surface area contributed by atoms with E-state index in [1.54, 1.807) is 11.2 Å². The predicted octanol–water partition coefficient (Wildman–Crippen LogP) is 3.28. The van der Waals surface area contributed by atoms with Gasteiger partial charge in [0.2, 0.25) is 0 Å². The Labute approximate surface area is 139 Å². The van der Waals surface area contributed by atoms with Gasteiger partial charge in [-0.1, -0.05) is 25.4 Å². The van der Waals surface area contributed by atoms with Crippen molar-refractivity contribution in [2.45, 2.75) is 32.2 Å². The first-order valence-electron chi connectivity index (χ1n) is 7.61. The van der Waals surface area contributed by atoms with Crippen LogP contribution in [-0.4, -0.2) is 38.7 Å². The van der Waals surface area contributed by atoms with E-state index in [9.17, 15) is 9.18 Å². The van der Waals surface area contributed by atoms with E-state index in [2.05, 4.69) is 28.6 Å². The molecule has 5 nitrogen and oxygen atoms in total. The zero-order valence-electron chi connectivity index (χ0n) is 13.0. The molecule has 1 unspecified atom stereocenters. The number of carbonyl (C=O) groups is 1. The monoisotopic (exact) mass is 336 g/mol. The summed E-state index contributed by atoms with van der Waals surface area (Å²) < 4.78 is 15.3. The second-order valence-electron chi connectivity index (χ2n) is 6.07. The van der Waals surface area contributed by atoms with E-state index in [-0.39, 0.29) is 22.9 Å². The number of hydrogen-bond donors (Lipinski definition) is 0. The number of aromatic nitrogens is 3. The highest BCUT2D eigenvalue weighted by atomic mass is 35.5. The Morgan fingerprint density at radius 1 is 1.43 bits per heavy atom. The molecule has 0 saturated carbocycles. The van der Waals surface area contributed by atoms with Crippen LogP contribution in [0.25, 0.3) is 0 Å². The summed E-state index contributed by atoms with van der Waals surface area (Å²) >= 11 is 5.76. The number of rotatable bonds is 3. The molecule has 1 atom stereocenters. The van der Waals surface area contributed by atoms with Crippen LogP contribution in [0.2, 0.25) is 5.02 Å². The number of carbonyl (C=O) groups excluding carboxylic acids is 1. The molecular formula is C16H18ClFN4O. The van der Waals surface area contributed by atoms with Crippen LogP contribution in [0.3, 0.4) is 0 Å². The second-order valence-corrected chi connectivity index (χ2v) is 6.48. The van der Waals surface area contributed by atoms with Gasteiger partial charge in [0.15, 0.2) is 0 Å². The fraction of sp³-hybridized carbons (Fsp3) is 0.438. The Hall–Kier alpha value is -1.95. The summed E-state index contributed by atoms with van der Waals surface area (Å²) in [6.07, 6.45) is 2.57. The Bertz CT molecular complexity index is 731. The van der Waals surface area contributed by atoms with Gasteiger partial charge in [-0.05, 0) is 24.6 Å². The van der Waals surface area contributed by atoms with Crippen molar-refractivity contribution in [1.82, 2.24) is 19.7 Å². The number of nitrogens with zero attached hydrogens (tertiary/aromatic N) is 4. The molecule has 1 saturated heterocycles. The molecule has 23 heavy (non-hydrogen) atoms. The molecule has 122 valence electrons. The first-order chi connectivity index (χ1) is 11.0. The SMILES string of the molecule is CC(C)c1nncn1C1CCN(C(=O)c2ccc(F)c(Cl)c2)C1. The molecule has 1 aromatic carbocycles. The van der Waals surface area contributed by atoms with E-state index in [0.717, 1.165) is 12.2 Å². The van der Waals surface area contributed by atoms with Crippen LogP contribution in [0.15, 0.2) is 24.5 Å². The molecule has 1 fully saturated rings. The van der Waals surface area contributed by atoms with Crippen LogP contribution in [-0.2, 0) is 0 Å². The van der Waals surface area contributed by atoms with Crippen molar-refractivity contribution in [2.75, 3.05) is 13.1 Å². The molecule has 0 spiro atoms. The number of hydrogen-bond acceptors (Lipinski definition) is 3. The maximum Gasteiger partial charge on any atom is 0.253 e. The molecule has 2 aromatic rings. The molecule has 1 aliphatic rings. The average Bonchev–Trinajstić information content (AvgIpc) is 3.17. The molecule has 0 radical (unpaired) electrons. The van der Waals surface area contributed by atoms with Crippen LogP contribution in [0, 0.1) is 5.82 Å². The molecule has 2 heterocycles. The molecule has 1 amide bonds. The van der Waals surface area contributed by atoms with E-state index in [1.165, 1.54) is 18.2 Å². The molecule has 0 N–H and O–H groups in total. The topological polar surface area (TPSA) is 51.0 Å². The van der Waals surface area contributed by atoms with Gasteiger partial charge in [0, 0.05) is 24.6 Å². The lowest BCUT2D eigenvalue weighted by Gasteiger charge is -2.18. The molecule has 0 aliphatic carbocycles. The minimum atomic E-state index is -0.520. The van der Waals surface area contributed by atoms with Gasteiger partial charge in [-0.15, -0.1) is 10.2 Å². The first kappa shape index (κ1) is 15.9. The predicted molar refractivity (Wildman–Crippen MR) is 85.1 cm³/mol. The van der Waals surface area contributed by atoms with Crippen molar-refractivity contribution in [3.63, 3.8) is 0 Å². The summed E-state index contributed by atoms with van der Waals surface area (Å²) in [7, 11) is 0. The van der Waals surface area contributed by atoms with Crippen LogP contribution >= 0.6 is 11.6 Å². The lowest BCUT2D eigenvalue weighted by Crippen LogP contribution is -2.29. The maximum atomic E-state index is 13.2. The summed E-state index contributed by atoms with van der Waals surface area (Å²) in [5.41, 5.74) is 0.407. The smallest absolute Gasteiger partial charge is 0.253 e. The van der Waals surface area contributed by atoms with E-state index < -0.39 is 5.82 Å². The molecule has 1 aliphatic heterocycles. The zero-order valence-corrected chi connectivity index (χ0v) is 13.8. The molecule has 0 bridgehead atoms. The highest BCUT2D eigenvalue weighted by Gasteiger charge is 2.30. The van der Waals surface area contributed by atoms with Gasteiger partial charge < -0.3 is 9.47 Å². The van der Waals surface area contributed by atoms with E-state index in [0.29, 0.717) is 18.7 Å². The Balaban J connectivity index is 1.75. The zero-order chi connectivity index (χ0) is 16.6. The van der Waals surface area contributed by atoms with E-state index >= 15 is 0 Å². The van der Waals surface area contributed by atoms with Gasteiger partial charge >= 0.3 is 0 Å². The standard InChI is InChI=1S/C16H18ClFN4O/c1-10(2)15-20-19-9-22(15)12-5-6-21(8-12)16(23)11-3-4-14(18)13(17)7-11/h3-4,7,9-10,12H,5-6,8H2,1-2H3. The van der Waals surface area contributed by atoms with Gasteiger partial charge in [0.25, 0.3) is 5.91 Å². The molecular weight excluding hydrogens is 319 g/mol. The van der Waals surface area contributed by atoms with Crippen LogP contribution in [0.1, 0.15) is 48.4 Å². The third kappa shape index (κ3) is 3.08. The van der Waals surface area contributed by atoms with Gasteiger partial charge in [-0.2, -0.15) is 0 Å². The third-order valence-corrected chi connectivity index (χ3v) is 4.42. The lowest BCUT2D eigenvalue weighted by atomic mass is 10.2. The van der Waals surface area contributed by atoms with E-state index in [1.807, 2.05) is 0 Å². The largest absolute Gasteiger partial charge is 0.336 e. The summed E-state index contributed by atoms with van der Waals surface area (Å²) in [5, 5.41) is 8.11. The second kappa shape index (κ2) is 6.28. The van der Waals surface area contributed by atoms with Crippen LogP contribution in [0.4, 0.5) is 4.39 Å².